The zero-order valence-corrected chi connectivity index (χ0v) is 14.0. The van der Waals surface area contributed by atoms with Gasteiger partial charge in [0.25, 0.3) is 0 Å². The highest BCUT2D eigenvalue weighted by Gasteiger charge is 2.11. The molecule has 1 aromatic rings. The lowest BCUT2D eigenvalue weighted by Crippen LogP contribution is -2.24. The molecule has 0 unspecified atom stereocenters. The largest absolute Gasteiger partial charge is 0.353 e. The van der Waals surface area contributed by atoms with Gasteiger partial charge in [0.15, 0.2) is 9.84 Å². The van der Waals surface area contributed by atoms with E-state index in [4.69, 9.17) is 0 Å². The van der Waals surface area contributed by atoms with E-state index in [1.165, 1.54) is 6.08 Å². The van der Waals surface area contributed by atoms with Crippen LogP contribution in [0.15, 0.2) is 42.5 Å². The van der Waals surface area contributed by atoms with E-state index in [0.29, 0.717) is 19.5 Å². The van der Waals surface area contributed by atoms with Crippen LogP contribution in [0, 0.1) is 0 Å². The van der Waals surface area contributed by atoms with Gasteiger partial charge in [0.2, 0.25) is 5.91 Å². The van der Waals surface area contributed by atoms with Gasteiger partial charge in [0.1, 0.15) is 0 Å². The maximum absolute atomic E-state index is 12.0. The lowest BCUT2D eigenvalue weighted by atomic mass is 10.2. The number of sulfone groups is 1. The molecule has 0 fully saturated rings. The monoisotopic (exact) mass is 324 g/mol. The van der Waals surface area contributed by atoms with Crippen LogP contribution in [0.5, 0.6) is 0 Å². The van der Waals surface area contributed by atoms with Crippen molar-refractivity contribution < 1.29 is 13.2 Å². The molecule has 1 aromatic carbocycles. The molecule has 0 aliphatic carbocycles. The Bertz CT molecular complexity index is 581. The molecule has 0 aromatic heterocycles. The molecule has 0 aliphatic rings. The third kappa shape index (κ3) is 8.59. The van der Waals surface area contributed by atoms with Gasteiger partial charge < -0.3 is 10.2 Å². The highest BCUT2D eigenvalue weighted by Crippen LogP contribution is 2.06. The second kappa shape index (κ2) is 9.38. The first kappa shape index (κ1) is 18.4. The number of hydrogen-bond donors (Lipinski definition) is 1. The summed E-state index contributed by atoms with van der Waals surface area (Å²) in [6.45, 7) is 1.05. The lowest BCUT2D eigenvalue weighted by molar-refractivity contribution is -0.116. The second-order valence-electron chi connectivity index (χ2n) is 5.39. The van der Waals surface area contributed by atoms with Crippen molar-refractivity contribution in [2.75, 3.05) is 32.9 Å². The van der Waals surface area contributed by atoms with Gasteiger partial charge >= 0.3 is 0 Å². The van der Waals surface area contributed by atoms with Crippen LogP contribution in [0.25, 0.3) is 0 Å². The number of nitrogens with zero attached hydrogens (tertiary/aromatic N) is 1. The van der Waals surface area contributed by atoms with E-state index in [9.17, 15) is 13.2 Å². The number of carbonyl (C=O) groups excluding carboxylic acids is 1. The summed E-state index contributed by atoms with van der Waals surface area (Å²) in [6.07, 6.45) is 3.66. The molecule has 0 saturated carbocycles. The van der Waals surface area contributed by atoms with Crippen molar-refractivity contribution in [1.29, 1.82) is 0 Å². The van der Waals surface area contributed by atoms with Gasteiger partial charge in [-0.2, -0.15) is 0 Å². The summed E-state index contributed by atoms with van der Waals surface area (Å²) in [5, 5.41) is 2.68. The summed E-state index contributed by atoms with van der Waals surface area (Å²) in [6, 6.07) is 9.11. The smallest absolute Gasteiger partial charge is 0.243 e. The van der Waals surface area contributed by atoms with E-state index in [0.717, 1.165) is 5.56 Å². The highest BCUT2D eigenvalue weighted by atomic mass is 32.2. The molecule has 0 aliphatic heterocycles. The number of likely N-dealkylation sites (N-methyl/N-ethyl adjacent to an activating group) is 1. The van der Waals surface area contributed by atoms with Crippen molar-refractivity contribution >= 4 is 15.7 Å². The Kier molecular flexibility index (Phi) is 7.84. The van der Waals surface area contributed by atoms with Gasteiger partial charge in [-0.15, -0.1) is 0 Å². The van der Waals surface area contributed by atoms with E-state index < -0.39 is 9.84 Å². The molecule has 0 saturated heterocycles. The molecule has 6 heteroatoms. The van der Waals surface area contributed by atoms with E-state index >= 15 is 0 Å². The van der Waals surface area contributed by atoms with E-state index in [-0.39, 0.29) is 17.4 Å². The highest BCUT2D eigenvalue weighted by molar-refractivity contribution is 7.90. The Morgan fingerprint density at radius 3 is 2.55 bits per heavy atom. The third-order valence-corrected chi connectivity index (χ3v) is 4.58. The van der Waals surface area contributed by atoms with E-state index in [1.54, 1.807) is 18.2 Å². The molecule has 5 nitrogen and oxygen atoms in total. The van der Waals surface area contributed by atoms with Crippen LogP contribution < -0.4 is 5.32 Å². The minimum atomic E-state index is -3.14. The Morgan fingerprint density at radius 1 is 1.23 bits per heavy atom. The maximum atomic E-state index is 12.0. The number of carbonyl (C=O) groups is 1. The lowest BCUT2D eigenvalue weighted by Gasteiger charge is -2.06. The Balaban J connectivity index is 2.26. The summed E-state index contributed by atoms with van der Waals surface area (Å²) in [5.74, 6) is -0.0732. The van der Waals surface area contributed by atoms with Gasteiger partial charge in [-0.25, -0.2) is 8.42 Å². The minimum absolute atomic E-state index is 0.0462. The van der Waals surface area contributed by atoms with Crippen LogP contribution in [-0.4, -0.2) is 52.2 Å². The van der Waals surface area contributed by atoms with Crippen molar-refractivity contribution in [2.45, 2.75) is 12.2 Å². The van der Waals surface area contributed by atoms with Crippen molar-refractivity contribution in [3.8, 4) is 0 Å². The van der Waals surface area contributed by atoms with Gasteiger partial charge in [-0.05, 0) is 26.1 Å². The average molecular weight is 324 g/mol. The first-order valence-electron chi connectivity index (χ1n) is 7.22. The van der Waals surface area contributed by atoms with Crippen molar-refractivity contribution in [1.82, 2.24) is 10.2 Å². The van der Waals surface area contributed by atoms with E-state index in [1.807, 2.05) is 37.2 Å². The van der Waals surface area contributed by atoms with Crippen LogP contribution in [0.2, 0.25) is 0 Å². The number of nitrogens with one attached hydrogen (secondary N) is 1. The molecule has 1 N–H and O–H groups in total. The Labute approximate surface area is 132 Å². The minimum Gasteiger partial charge on any atom is -0.353 e. The molecule has 1 rings (SSSR count). The Hall–Kier alpha value is -1.66. The fourth-order valence-electron chi connectivity index (χ4n) is 1.83. The molecule has 0 heterocycles. The summed E-state index contributed by atoms with van der Waals surface area (Å²) >= 11 is 0. The zero-order chi connectivity index (χ0) is 16.4. The second-order valence-corrected chi connectivity index (χ2v) is 7.57. The van der Waals surface area contributed by atoms with Crippen LogP contribution in [-0.2, 0) is 20.4 Å². The van der Waals surface area contributed by atoms with E-state index in [2.05, 4.69) is 5.32 Å². The van der Waals surface area contributed by atoms with Crippen molar-refractivity contribution in [3.63, 3.8) is 0 Å². The topological polar surface area (TPSA) is 66.5 Å². The molecule has 0 spiro atoms. The Morgan fingerprint density at radius 2 is 1.91 bits per heavy atom. The summed E-state index contributed by atoms with van der Waals surface area (Å²) in [4.78, 5) is 13.4. The van der Waals surface area contributed by atoms with Gasteiger partial charge in [-0.1, -0.05) is 36.4 Å². The first-order chi connectivity index (χ1) is 10.4. The van der Waals surface area contributed by atoms with Crippen molar-refractivity contribution in [3.05, 3.63) is 48.0 Å². The summed E-state index contributed by atoms with van der Waals surface area (Å²) in [7, 11) is 0.696. The van der Waals surface area contributed by atoms with Crippen LogP contribution in [0.3, 0.4) is 0 Å². The molecule has 0 atom stereocenters. The SMILES string of the molecule is CN(C)C/C=C/C(=O)NCCCS(=O)(=O)Cc1ccccc1. The molecule has 22 heavy (non-hydrogen) atoms. The number of benzene rings is 1. The van der Waals surface area contributed by atoms with Crippen molar-refractivity contribution in [2.24, 2.45) is 0 Å². The average Bonchev–Trinajstić information content (AvgIpc) is 2.44. The van der Waals surface area contributed by atoms with Crippen LogP contribution in [0.1, 0.15) is 12.0 Å². The first-order valence-corrected chi connectivity index (χ1v) is 9.04. The molecule has 122 valence electrons. The third-order valence-electron chi connectivity index (χ3n) is 2.90. The number of hydrogen-bond acceptors (Lipinski definition) is 4. The molecule has 1 amide bonds. The molecular weight excluding hydrogens is 300 g/mol. The quantitative estimate of drug-likeness (QED) is 0.548. The predicted octanol–water partition coefficient (Wildman–Crippen LogP) is 1.23. The summed E-state index contributed by atoms with van der Waals surface area (Å²) in [5.41, 5.74) is 0.790. The molecule has 0 bridgehead atoms. The number of amides is 1. The van der Waals surface area contributed by atoms with Gasteiger partial charge in [0, 0.05) is 19.2 Å². The predicted molar refractivity (Wildman–Crippen MR) is 89.3 cm³/mol. The van der Waals surface area contributed by atoms with Gasteiger partial charge in [-0.3, -0.25) is 4.79 Å². The molecule has 0 radical (unpaired) electrons. The molecular formula is C16H24N2O3S. The van der Waals surface area contributed by atoms with Gasteiger partial charge in [0.05, 0.1) is 11.5 Å². The maximum Gasteiger partial charge on any atom is 0.243 e. The zero-order valence-electron chi connectivity index (χ0n) is 13.2. The standard InChI is InChI=1S/C16H24N2O3S/c1-18(2)12-6-10-16(19)17-11-7-13-22(20,21)14-15-8-4-3-5-9-15/h3-6,8-10H,7,11-14H2,1-2H3,(H,17,19)/b10-6+. The number of rotatable bonds is 9. The fraction of sp³-hybridized carbons (Fsp3) is 0.438. The van der Waals surface area contributed by atoms with Crippen LogP contribution in [0.4, 0.5) is 0 Å². The fourth-order valence-corrected chi connectivity index (χ4v) is 3.26. The normalized spacial score (nSPS) is 12.0. The summed E-state index contributed by atoms with van der Waals surface area (Å²) < 4.78 is 23.9. The van der Waals surface area contributed by atoms with Crippen LogP contribution >= 0.6 is 0 Å².